The molecule has 0 aliphatic heterocycles. The number of hydrogen-bond acceptors (Lipinski definition) is 6. The highest BCUT2D eigenvalue weighted by molar-refractivity contribution is 6.07. The third kappa shape index (κ3) is 4.65. The van der Waals surface area contributed by atoms with E-state index in [1.807, 2.05) is 48.5 Å². The third-order valence-corrected chi connectivity index (χ3v) is 5.33. The fourth-order valence-corrected chi connectivity index (χ4v) is 3.69. The van der Waals surface area contributed by atoms with Gasteiger partial charge in [-0.25, -0.2) is 4.98 Å². The number of ether oxygens (including phenoxy) is 2. The largest absolute Gasteiger partial charge is 0.493 e. The molecule has 2 aromatic carbocycles. The Labute approximate surface area is 191 Å². The van der Waals surface area contributed by atoms with Crippen molar-refractivity contribution < 1.29 is 18.7 Å². The molecule has 166 valence electrons. The van der Waals surface area contributed by atoms with E-state index in [4.69, 9.17) is 24.1 Å². The van der Waals surface area contributed by atoms with Crippen molar-refractivity contribution >= 4 is 16.8 Å². The Morgan fingerprint density at radius 1 is 1.06 bits per heavy atom. The number of fused-ring (bicyclic) bond motifs is 1. The minimum Gasteiger partial charge on any atom is -0.493 e. The van der Waals surface area contributed by atoms with E-state index in [0.717, 1.165) is 10.9 Å². The summed E-state index contributed by atoms with van der Waals surface area (Å²) in [4.78, 5) is 20.1. The maximum Gasteiger partial charge on any atom is 0.255 e. The van der Waals surface area contributed by atoms with E-state index in [9.17, 15) is 4.79 Å². The highest BCUT2D eigenvalue weighted by atomic mass is 16.5. The van der Waals surface area contributed by atoms with E-state index < -0.39 is 0 Å². The molecule has 4 rings (SSSR count). The quantitative estimate of drug-likeness (QED) is 0.379. The van der Waals surface area contributed by atoms with Crippen molar-refractivity contribution in [2.45, 2.75) is 13.0 Å². The fraction of sp³-hybridized carbons (Fsp3) is 0.192. The number of pyridine rings is 1. The van der Waals surface area contributed by atoms with Gasteiger partial charge in [0, 0.05) is 17.5 Å². The van der Waals surface area contributed by atoms with Crippen molar-refractivity contribution in [2.24, 2.45) is 0 Å². The number of aromatic nitrogens is 1. The number of nitriles is 1. The van der Waals surface area contributed by atoms with Crippen LogP contribution in [0, 0.1) is 11.3 Å². The average Bonchev–Trinajstić information content (AvgIpc) is 3.38. The van der Waals surface area contributed by atoms with E-state index in [2.05, 4.69) is 6.07 Å². The van der Waals surface area contributed by atoms with Gasteiger partial charge in [-0.05, 0) is 42.5 Å². The summed E-state index contributed by atoms with van der Waals surface area (Å²) >= 11 is 0. The molecule has 7 nitrogen and oxygen atoms in total. The first-order chi connectivity index (χ1) is 16.1. The lowest BCUT2D eigenvalue weighted by Gasteiger charge is -2.22. The molecule has 2 aromatic heterocycles. The number of rotatable bonds is 8. The van der Waals surface area contributed by atoms with Crippen LogP contribution in [0.25, 0.3) is 22.2 Å². The van der Waals surface area contributed by atoms with Crippen molar-refractivity contribution in [1.82, 2.24) is 9.88 Å². The molecule has 0 N–H and O–H groups in total. The summed E-state index contributed by atoms with van der Waals surface area (Å²) in [6.45, 7) is 0.564. The first-order valence-corrected chi connectivity index (χ1v) is 10.5. The second kappa shape index (κ2) is 9.88. The first kappa shape index (κ1) is 21.9. The average molecular weight is 441 g/mol. The number of para-hydroxylation sites is 1. The van der Waals surface area contributed by atoms with Gasteiger partial charge in [-0.3, -0.25) is 4.79 Å². The zero-order valence-corrected chi connectivity index (χ0v) is 18.4. The molecule has 2 heterocycles. The van der Waals surface area contributed by atoms with Crippen molar-refractivity contribution in [1.29, 1.82) is 5.26 Å². The van der Waals surface area contributed by atoms with Gasteiger partial charge in [-0.15, -0.1) is 0 Å². The molecule has 0 aliphatic carbocycles. The molecule has 4 aromatic rings. The van der Waals surface area contributed by atoms with Gasteiger partial charge in [0.25, 0.3) is 5.91 Å². The van der Waals surface area contributed by atoms with Gasteiger partial charge >= 0.3 is 0 Å². The van der Waals surface area contributed by atoms with Crippen LogP contribution in [0.3, 0.4) is 0 Å². The number of carbonyl (C=O) groups excluding carboxylic acids is 1. The monoisotopic (exact) mass is 441 g/mol. The van der Waals surface area contributed by atoms with Crippen LogP contribution in [0.2, 0.25) is 0 Å². The van der Waals surface area contributed by atoms with Crippen LogP contribution in [0.5, 0.6) is 11.5 Å². The molecule has 0 fully saturated rings. The Morgan fingerprint density at radius 3 is 2.61 bits per heavy atom. The van der Waals surface area contributed by atoms with Gasteiger partial charge in [0.15, 0.2) is 11.5 Å². The Bertz CT molecular complexity index is 1310. The van der Waals surface area contributed by atoms with Crippen molar-refractivity contribution in [3.05, 3.63) is 78.3 Å². The predicted molar refractivity (Wildman–Crippen MR) is 124 cm³/mol. The van der Waals surface area contributed by atoms with E-state index in [-0.39, 0.29) is 18.9 Å². The van der Waals surface area contributed by atoms with E-state index in [1.165, 1.54) is 0 Å². The molecule has 33 heavy (non-hydrogen) atoms. The normalized spacial score (nSPS) is 10.6. The zero-order valence-electron chi connectivity index (χ0n) is 18.4. The number of hydrogen-bond donors (Lipinski definition) is 0. The summed E-state index contributed by atoms with van der Waals surface area (Å²) in [7, 11) is 3.16. The zero-order chi connectivity index (χ0) is 23.2. The Hall–Kier alpha value is -4.31. The van der Waals surface area contributed by atoms with Crippen LogP contribution in [-0.2, 0) is 6.54 Å². The molecule has 0 bridgehead atoms. The predicted octanol–water partition coefficient (Wildman–Crippen LogP) is 5.07. The number of carbonyl (C=O) groups is 1. The summed E-state index contributed by atoms with van der Waals surface area (Å²) in [5.74, 6) is 1.65. The Kier molecular flexibility index (Phi) is 6.56. The minimum absolute atomic E-state index is 0.193. The standard InChI is InChI=1S/C26H23N3O4/c1-31-24-11-10-18(15-25(24)32-2)23-16-21(20-8-3-4-9-22(20)28-23)26(30)29(13-6-12-27)17-19-7-5-14-33-19/h3-5,7-11,14-16H,6,13,17H2,1-2H3. The summed E-state index contributed by atoms with van der Waals surface area (Å²) < 4.78 is 16.2. The highest BCUT2D eigenvalue weighted by Gasteiger charge is 2.21. The van der Waals surface area contributed by atoms with Gasteiger partial charge in [0.05, 0.1) is 56.3 Å². The molecule has 0 radical (unpaired) electrons. The highest BCUT2D eigenvalue weighted by Crippen LogP contribution is 2.33. The summed E-state index contributed by atoms with van der Waals surface area (Å²) in [6, 6.07) is 20.5. The lowest BCUT2D eigenvalue weighted by Crippen LogP contribution is -2.31. The van der Waals surface area contributed by atoms with Crippen LogP contribution < -0.4 is 9.47 Å². The van der Waals surface area contributed by atoms with Crippen molar-refractivity contribution in [2.75, 3.05) is 20.8 Å². The summed E-state index contributed by atoms with van der Waals surface area (Å²) in [6.07, 6.45) is 1.79. The van der Waals surface area contributed by atoms with Crippen LogP contribution >= 0.6 is 0 Å². The van der Waals surface area contributed by atoms with Crippen LogP contribution in [0.15, 0.2) is 71.3 Å². The van der Waals surface area contributed by atoms with Crippen LogP contribution in [-0.4, -0.2) is 36.6 Å². The number of methoxy groups -OCH3 is 2. The maximum atomic E-state index is 13.7. The molecule has 0 spiro atoms. The van der Waals surface area contributed by atoms with Gasteiger partial charge < -0.3 is 18.8 Å². The smallest absolute Gasteiger partial charge is 0.255 e. The van der Waals surface area contributed by atoms with Gasteiger partial charge in [0.1, 0.15) is 5.76 Å². The SMILES string of the molecule is COc1ccc(-c2cc(C(=O)N(CCC#N)Cc3ccco3)c3ccccc3n2)cc1OC. The summed E-state index contributed by atoms with van der Waals surface area (Å²) in [5, 5.41) is 9.85. The van der Waals surface area contributed by atoms with Crippen molar-refractivity contribution in [3.63, 3.8) is 0 Å². The molecular weight excluding hydrogens is 418 g/mol. The second-order valence-corrected chi connectivity index (χ2v) is 7.36. The lowest BCUT2D eigenvalue weighted by atomic mass is 10.0. The van der Waals surface area contributed by atoms with Crippen LogP contribution in [0.4, 0.5) is 0 Å². The molecular formula is C26H23N3O4. The van der Waals surface area contributed by atoms with E-state index >= 15 is 0 Å². The minimum atomic E-state index is -0.193. The first-order valence-electron chi connectivity index (χ1n) is 10.5. The lowest BCUT2D eigenvalue weighted by molar-refractivity contribution is 0.0737. The molecule has 7 heteroatoms. The number of benzene rings is 2. The molecule has 0 unspecified atom stereocenters. The third-order valence-electron chi connectivity index (χ3n) is 5.33. The van der Waals surface area contributed by atoms with Crippen molar-refractivity contribution in [3.8, 4) is 28.8 Å². The van der Waals surface area contributed by atoms with Gasteiger partial charge in [-0.1, -0.05) is 18.2 Å². The molecule has 0 aliphatic rings. The van der Waals surface area contributed by atoms with Crippen LogP contribution in [0.1, 0.15) is 22.5 Å². The number of nitrogens with zero attached hydrogens (tertiary/aromatic N) is 3. The van der Waals surface area contributed by atoms with Gasteiger partial charge in [-0.2, -0.15) is 5.26 Å². The van der Waals surface area contributed by atoms with E-state index in [1.54, 1.807) is 37.5 Å². The van der Waals surface area contributed by atoms with E-state index in [0.29, 0.717) is 40.6 Å². The molecule has 0 saturated carbocycles. The molecule has 1 amide bonds. The number of furan rings is 1. The second-order valence-electron chi connectivity index (χ2n) is 7.36. The maximum absolute atomic E-state index is 13.7. The summed E-state index contributed by atoms with van der Waals surface area (Å²) in [5.41, 5.74) is 2.64. The fourth-order valence-electron chi connectivity index (χ4n) is 3.69. The molecule has 0 saturated heterocycles. The number of amides is 1. The topological polar surface area (TPSA) is 88.6 Å². The Morgan fingerprint density at radius 2 is 1.88 bits per heavy atom. The molecule has 0 atom stereocenters. The van der Waals surface area contributed by atoms with Gasteiger partial charge in [0.2, 0.25) is 0 Å². The Balaban J connectivity index is 1.81.